The third-order valence-corrected chi connectivity index (χ3v) is 3.72. The van der Waals surface area contributed by atoms with E-state index in [1.807, 2.05) is 12.3 Å². The van der Waals surface area contributed by atoms with Gasteiger partial charge >= 0.3 is 0 Å². The Labute approximate surface area is 119 Å². The second kappa shape index (κ2) is 6.44. The first-order valence-corrected chi connectivity index (χ1v) is 7.79. The molecule has 0 atom stereocenters. The molecule has 0 aliphatic rings. The monoisotopic (exact) mass is 281 g/mol. The Hall–Kier alpha value is -1.00. The fourth-order valence-electron chi connectivity index (χ4n) is 1.83. The molecule has 0 saturated carbocycles. The summed E-state index contributed by atoms with van der Waals surface area (Å²) in [6.45, 7) is 6.47. The summed E-state index contributed by atoms with van der Waals surface area (Å²) in [5, 5.41) is 10.1. The van der Waals surface area contributed by atoms with Gasteiger partial charge in [0.1, 0.15) is 5.75 Å². The van der Waals surface area contributed by atoms with Crippen LogP contribution in [-0.2, 0) is 12.0 Å². The molecule has 3 nitrogen and oxygen atoms in total. The van der Waals surface area contributed by atoms with Crippen molar-refractivity contribution in [3.63, 3.8) is 0 Å². The number of rotatable bonds is 5. The van der Waals surface area contributed by atoms with Crippen LogP contribution in [0.5, 0.6) is 5.75 Å². The van der Waals surface area contributed by atoms with Gasteiger partial charge in [0.05, 0.1) is 5.56 Å². The first-order valence-electron chi connectivity index (χ1n) is 6.39. The van der Waals surface area contributed by atoms with Crippen LogP contribution in [0.25, 0.3) is 0 Å². The number of Topliss-reactive ketones (excluding diaryl/α,β-unsaturated/α-hetero) is 1. The molecule has 0 bridgehead atoms. The maximum absolute atomic E-state index is 12.2. The molecule has 1 rings (SSSR count). The van der Waals surface area contributed by atoms with Gasteiger partial charge in [0.25, 0.3) is 0 Å². The van der Waals surface area contributed by atoms with Crippen molar-refractivity contribution < 1.29 is 9.90 Å². The van der Waals surface area contributed by atoms with Crippen molar-refractivity contribution in [1.29, 1.82) is 0 Å². The number of benzene rings is 1. The number of hydrogen-bond donors (Lipinski definition) is 2. The van der Waals surface area contributed by atoms with Gasteiger partial charge in [-0.05, 0) is 23.3 Å². The van der Waals surface area contributed by atoms with Crippen LogP contribution in [0.3, 0.4) is 0 Å². The molecule has 0 radical (unpaired) electrons. The highest BCUT2D eigenvalue weighted by Gasteiger charge is 2.21. The van der Waals surface area contributed by atoms with Crippen molar-refractivity contribution in [3.8, 4) is 5.75 Å². The minimum atomic E-state index is -0.0772. The number of phenols is 1. The number of nitrogens with two attached hydrogens (primary N) is 1. The number of ketones is 1. The normalized spacial score (nSPS) is 11.6. The zero-order valence-electron chi connectivity index (χ0n) is 12.1. The largest absolute Gasteiger partial charge is 0.507 e. The molecule has 0 amide bonds. The number of carbonyl (C=O) groups excluding carboxylic acids is 1. The molecule has 0 unspecified atom stereocenters. The van der Waals surface area contributed by atoms with Gasteiger partial charge in [0.15, 0.2) is 5.78 Å². The average Bonchev–Trinajstić information content (AvgIpc) is 2.34. The van der Waals surface area contributed by atoms with Crippen LogP contribution >= 0.6 is 11.8 Å². The van der Waals surface area contributed by atoms with E-state index < -0.39 is 0 Å². The quantitative estimate of drug-likeness (QED) is 0.814. The fourth-order valence-corrected chi connectivity index (χ4v) is 2.21. The zero-order chi connectivity index (χ0) is 14.6. The van der Waals surface area contributed by atoms with E-state index in [2.05, 4.69) is 20.8 Å². The van der Waals surface area contributed by atoms with Gasteiger partial charge in [-0.25, -0.2) is 0 Å². The van der Waals surface area contributed by atoms with E-state index in [4.69, 9.17) is 5.73 Å². The molecule has 0 fully saturated rings. The Morgan fingerprint density at radius 1 is 1.37 bits per heavy atom. The predicted octanol–water partition coefficient (Wildman–Crippen LogP) is 3.08. The summed E-state index contributed by atoms with van der Waals surface area (Å²) >= 11 is 1.62. The van der Waals surface area contributed by atoms with Gasteiger partial charge < -0.3 is 10.8 Å². The third kappa shape index (κ3) is 3.98. The Morgan fingerprint density at radius 3 is 2.47 bits per heavy atom. The highest BCUT2D eigenvalue weighted by Crippen LogP contribution is 2.31. The summed E-state index contributed by atoms with van der Waals surface area (Å²) in [4.78, 5) is 12.2. The maximum Gasteiger partial charge on any atom is 0.167 e. The molecule has 0 aliphatic carbocycles. The second-order valence-electron chi connectivity index (χ2n) is 5.65. The Kier molecular flexibility index (Phi) is 5.44. The highest BCUT2D eigenvalue weighted by atomic mass is 32.2. The van der Waals surface area contributed by atoms with Crippen LogP contribution in [-0.4, -0.2) is 22.9 Å². The van der Waals surface area contributed by atoms with Crippen LogP contribution < -0.4 is 5.73 Å². The number of aromatic hydroxyl groups is 1. The van der Waals surface area contributed by atoms with Crippen molar-refractivity contribution in [3.05, 3.63) is 28.8 Å². The van der Waals surface area contributed by atoms with E-state index in [1.165, 1.54) is 0 Å². The van der Waals surface area contributed by atoms with Crippen LogP contribution in [0.4, 0.5) is 0 Å². The van der Waals surface area contributed by atoms with Crippen molar-refractivity contribution in [2.24, 2.45) is 5.73 Å². The molecule has 0 aromatic heterocycles. The number of phenolic OH excluding ortho intramolecular Hbond substituents is 1. The van der Waals surface area contributed by atoms with E-state index in [9.17, 15) is 9.90 Å². The van der Waals surface area contributed by atoms with Crippen molar-refractivity contribution in [2.75, 3.05) is 12.0 Å². The topological polar surface area (TPSA) is 63.3 Å². The number of carbonyl (C=O) groups is 1. The smallest absolute Gasteiger partial charge is 0.167 e. The van der Waals surface area contributed by atoms with Crippen molar-refractivity contribution in [2.45, 2.75) is 39.2 Å². The summed E-state index contributed by atoms with van der Waals surface area (Å²) in [6.07, 6.45) is 2.40. The molecular weight excluding hydrogens is 258 g/mol. The summed E-state index contributed by atoms with van der Waals surface area (Å²) in [7, 11) is 0. The fraction of sp³-hybridized carbons (Fsp3) is 0.533. The molecule has 19 heavy (non-hydrogen) atoms. The summed E-state index contributed by atoms with van der Waals surface area (Å²) in [6, 6.07) is 3.69. The Balaban J connectivity index is 3.26. The second-order valence-corrected chi connectivity index (χ2v) is 6.64. The van der Waals surface area contributed by atoms with Gasteiger partial charge in [-0.15, -0.1) is 0 Å². The molecule has 4 heteroatoms. The standard InChI is InChI=1S/C15H23NO2S/c1-15(2,3)11-7-10(9-16)14(18)12(8-11)13(17)5-6-19-4/h7-8,18H,5-6,9,16H2,1-4H3. The van der Waals surface area contributed by atoms with Crippen LogP contribution in [0, 0.1) is 0 Å². The number of thioether (sulfide) groups is 1. The van der Waals surface area contributed by atoms with E-state index in [-0.39, 0.29) is 23.5 Å². The van der Waals surface area contributed by atoms with E-state index in [0.29, 0.717) is 17.5 Å². The van der Waals surface area contributed by atoms with E-state index >= 15 is 0 Å². The molecule has 0 spiro atoms. The molecule has 0 saturated heterocycles. The molecule has 1 aromatic rings. The summed E-state index contributed by atoms with van der Waals surface area (Å²) in [5.74, 6) is 0.782. The predicted molar refractivity (Wildman–Crippen MR) is 82.0 cm³/mol. The Bertz CT molecular complexity index is 464. The van der Waals surface area contributed by atoms with Crippen LogP contribution in [0.15, 0.2) is 12.1 Å². The summed E-state index contributed by atoms with van der Waals surface area (Å²) in [5.41, 5.74) is 7.65. The highest BCUT2D eigenvalue weighted by molar-refractivity contribution is 7.98. The average molecular weight is 281 g/mol. The lowest BCUT2D eigenvalue weighted by Gasteiger charge is -2.22. The minimum Gasteiger partial charge on any atom is -0.507 e. The molecule has 106 valence electrons. The van der Waals surface area contributed by atoms with Gasteiger partial charge in [-0.2, -0.15) is 11.8 Å². The number of hydrogen-bond acceptors (Lipinski definition) is 4. The zero-order valence-corrected chi connectivity index (χ0v) is 12.9. The SMILES string of the molecule is CSCCC(=O)c1cc(C(C)(C)C)cc(CN)c1O. The van der Waals surface area contributed by atoms with Gasteiger partial charge in [0.2, 0.25) is 0 Å². The van der Waals surface area contributed by atoms with Crippen molar-refractivity contribution >= 4 is 17.5 Å². The lowest BCUT2D eigenvalue weighted by molar-refractivity contribution is 0.0986. The molecule has 0 aliphatic heterocycles. The first kappa shape index (κ1) is 16.1. The minimum absolute atomic E-state index is 0.0207. The molecule has 3 N–H and O–H groups in total. The van der Waals surface area contributed by atoms with Crippen LogP contribution in [0.2, 0.25) is 0 Å². The third-order valence-electron chi connectivity index (χ3n) is 3.11. The van der Waals surface area contributed by atoms with Crippen LogP contribution in [0.1, 0.15) is 48.7 Å². The molecule has 1 aromatic carbocycles. The van der Waals surface area contributed by atoms with E-state index in [1.54, 1.807) is 17.8 Å². The van der Waals surface area contributed by atoms with Gasteiger partial charge in [-0.1, -0.05) is 26.8 Å². The maximum atomic E-state index is 12.2. The lowest BCUT2D eigenvalue weighted by atomic mass is 9.84. The van der Waals surface area contributed by atoms with Gasteiger partial charge in [0, 0.05) is 24.3 Å². The van der Waals surface area contributed by atoms with E-state index in [0.717, 1.165) is 11.3 Å². The lowest BCUT2D eigenvalue weighted by Crippen LogP contribution is -2.15. The molecular formula is C15H23NO2S. The molecule has 0 heterocycles. The van der Waals surface area contributed by atoms with Crippen molar-refractivity contribution in [1.82, 2.24) is 0 Å². The Morgan fingerprint density at radius 2 is 2.00 bits per heavy atom. The first-order chi connectivity index (χ1) is 8.81. The van der Waals surface area contributed by atoms with Gasteiger partial charge in [-0.3, -0.25) is 4.79 Å². The summed E-state index contributed by atoms with van der Waals surface area (Å²) < 4.78 is 0.